The fraction of sp³-hybridized carbons (Fsp3) is 0.538. The summed E-state index contributed by atoms with van der Waals surface area (Å²) in [6, 6.07) is 4.36. The van der Waals surface area contributed by atoms with Crippen LogP contribution >= 0.6 is 15.9 Å². The molecule has 2 N–H and O–H groups in total. The van der Waals surface area contributed by atoms with Crippen LogP contribution in [-0.4, -0.2) is 34.0 Å². The maximum atomic E-state index is 5.30. The minimum Gasteiger partial charge on any atom is -0.493 e. The van der Waals surface area contributed by atoms with Gasteiger partial charge in [-0.1, -0.05) is 15.9 Å². The van der Waals surface area contributed by atoms with Gasteiger partial charge in [0.2, 0.25) is 0 Å². The van der Waals surface area contributed by atoms with E-state index in [1.54, 1.807) is 21.3 Å². The standard InChI is InChI=1S/C13H20BrNO3/c1-9(8-16-2)15-7-10-5-12(17-3)13(18-4)6-11(10)14/h5-6,9,15H,7-8H2,1-4H3/p+1/t9-/m0/s1. The Labute approximate surface area is 117 Å². The third-order valence-corrected chi connectivity index (χ3v) is 3.46. The number of halogens is 1. The number of hydrogen-bond donors (Lipinski definition) is 1. The molecule has 1 rings (SSSR count). The molecule has 0 saturated carbocycles. The molecule has 0 aromatic heterocycles. The van der Waals surface area contributed by atoms with E-state index >= 15 is 0 Å². The molecule has 0 spiro atoms. The van der Waals surface area contributed by atoms with Gasteiger partial charge in [-0.05, 0) is 19.1 Å². The van der Waals surface area contributed by atoms with Crippen LogP contribution in [0.5, 0.6) is 11.5 Å². The van der Waals surface area contributed by atoms with E-state index in [0.29, 0.717) is 6.04 Å². The molecule has 0 unspecified atom stereocenters. The van der Waals surface area contributed by atoms with Crippen LogP contribution in [0, 0.1) is 0 Å². The Hall–Kier alpha value is -0.780. The number of nitrogens with two attached hydrogens (primary N) is 1. The van der Waals surface area contributed by atoms with Gasteiger partial charge in [0, 0.05) is 17.1 Å². The maximum absolute atomic E-state index is 5.30. The summed E-state index contributed by atoms with van der Waals surface area (Å²) in [6.45, 7) is 3.74. The van der Waals surface area contributed by atoms with Gasteiger partial charge < -0.3 is 19.5 Å². The topological polar surface area (TPSA) is 44.3 Å². The molecule has 0 radical (unpaired) electrons. The van der Waals surface area contributed by atoms with Crippen LogP contribution in [0.1, 0.15) is 12.5 Å². The van der Waals surface area contributed by atoms with E-state index in [2.05, 4.69) is 28.2 Å². The smallest absolute Gasteiger partial charge is 0.161 e. The minimum absolute atomic E-state index is 0.426. The molecule has 0 aliphatic carbocycles. The van der Waals surface area contributed by atoms with Crippen LogP contribution < -0.4 is 14.8 Å². The summed E-state index contributed by atoms with van der Waals surface area (Å²) in [5.74, 6) is 1.49. The van der Waals surface area contributed by atoms with Crippen molar-refractivity contribution in [2.45, 2.75) is 19.5 Å². The molecule has 0 saturated heterocycles. The van der Waals surface area contributed by atoms with Crippen molar-refractivity contribution in [2.75, 3.05) is 27.9 Å². The van der Waals surface area contributed by atoms with E-state index in [-0.39, 0.29) is 0 Å². The van der Waals surface area contributed by atoms with E-state index in [1.165, 1.54) is 5.56 Å². The molecule has 0 aliphatic rings. The molecule has 0 heterocycles. The molecule has 102 valence electrons. The second kappa shape index (κ2) is 7.61. The first-order valence-electron chi connectivity index (χ1n) is 5.85. The van der Waals surface area contributed by atoms with Gasteiger partial charge in [0.05, 0.1) is 20.8 Å². The van der Waals surface area contributed by atoms with Crippen molar-refractivity contribution >= 4 is 15.9 Å². The second-order valence-electron chi connectivity index (χ2n) is 4.17. The highest BCUT2D eigenvalue weighted by Gasteiger charge is 2.12. The first kappa shape index (κ1) is 15.3. The summed E-state index contributed by atoms with van der Waals surface area (Å²) < 4.78 is 16.7. The van der Waals surface area contributed by atoms with E-state index in [1.807, 2.05) is 12.1 Å². The maximum Gasteiger partial charge on any atom is 0.161 e. The molecular formula is C13H21BrNO3+. The van der Waals surface area contributed by atoms with Crippen LogP contribution in [0.3, 0.4) is 0 Å². The van der Waals surface area contributed by atoms with E-state index in [9.17, 15) is 0 Å². The normalized spacial score (nSPS) is 12.3. The highest BCUT2D eigenvalue weighted by atomic mass is 79.9. The quantitative estimate of drug-likeness (QED) is 0.830. The monoisotopic (exact) mass is 318 g/mol. The van der Waals surface area contributed by atoms with Crippen LogP contribution in [-0.2, 0) is 11.3 Å². The van der Waals surface area contributed by atoms with Crippen molar-refractivity contribution in [3.63, 3.8) is 0 Å². The molecule has 5 heteroatoms. The van der Waals surface area contributed by atoms with Gasteiger partial charge in [0.1, 0.15) is 12.6 Å². The van der Waals surface area contributed by atoms with Crippen LogP contribution in [0.4, 0.5) is 0 Å². The van der Waals surface area contributed by atoms with E-state index < -0.39 is 0 Å². The van der Waals surface area contributed by atoms with Gasteiger partial charge in [-0.3, -0.25) is 0 Å². The lowest BCUT2D eigenvalue weighted by molar-refractivity contribution is -0.702. The fourth-order valence-electron chi connectivity index (χ4n) is 1.71. The average molecular weight is 319 g/mol. The SMILES string of the molecule is COC[C@H](C)[NH2+]Cc1cc(OC)c(OC)cc1Br. The lowest BCUT2D eigenvalue weighted by atomic mass is 10.2. The zero-order valence-corrected chi connectivity index (χ0v) is 12.9. The minimum atomic E-state index is 0.426. The highest BCUT2D eigenvalue weighted by molar-refractivity contribution is 9.10. The van der Waals surface area contributed by atoms with Crippen molar-refractivity contribution in [3.8, 4) is 11.5 Å². The Balaban J connectivity index is 2.76. The van der Waals surface area contributed by atoms with Gasteiger partial charge in [0.25, 0.3) is 0 Å². The molecule has 1 atom stereocenters. The van der Waals surface area contributed by atoms with Gasteiger partial charge >= 0.3 is 0 Å². The number of hydrogen-bond acceptors (Lipinski definition) is 3. The molecule has 1 aromatic carbocycles. The number of ether oxygens (including phenoxy) is 3. The molecule has 0 amide bonds. The van der Waals surface area contributed by atoms with E-state index in [0.717, 1.165) is 29.1 Å². The Morgan fingerprint density at radius 1 is 1.17 bits per heavy atom. The second-order valence-corrected chi connectivity index (χ2v) is 5.03. The summed E-state index contributed by atoms with van der Waals surface area (Å²) in [7, 11) is 5.00. The first-order chi connectivity index (χ1) is 8.62. The van der Waals surface area contributed by atoms with Crippen molar-refractivity contribution in [3.05, 3.63) is 22.2 Å². The number of rotatable bonds is 7. The van der Waals surface area contributed by atoms with Crippen molar-refractivity contribution in [1.29, 1.82) is 0 Å². The third kappa shape index (κ3) is 4.15. The Morgan fingerprint density at radius 2 is 1.78 bits per heavy atom. The van der Waals surface area contributed by atoms with Gasteiger partial charge in [0.15, 0.2) is 11.5 Å². The van der Waals surface area contributed by atoms with E-state index in [4.69, 9.17) is 14.2 Å². The first-order valence-corrected chi connectivity index (χ1v) is 6.64. The summed E-state index contributed by atoms with van der Waals surface area (Å²) in [4.78, 5) is 0. The predicted molar refractivity (Wildman–Crippen MR) is 74.2 cm³/mol. The van der Waals surface area contributed by atoms with Crippen molar-refractivity contribution in [2.24, 2.45) is 0 Å². The predicted octanol–water partition coefficient (Wildman–Crippen LogP) is 1.56. The number of benzene rings is 1. The van der Waals surface area contributed by atoms with Crippen LogP contribution in [0.2, 0.25) is 0 Å². The van der Waals surface area contributed by atoms with Crippen molar-refractivity contribution < 1.29 is 19.5 Å². The fourth-order valence-corrected chi connectivity index (χ4v) is 2.20. The Bertz CT molecular complexity index is 385. The molecule has 1 aromatic rings. The van der Waals surface area contributed by atoms with Crippen LogP contribution in [0.15, 0.2) is 16.6 Å². The van der Waals surface area contributed by atoms with Gasteiger partial charge in [-0.2, -0.15) is 0 Å². The molecule has 18 heavy (non-hydrogen) atoms. The molecular weight excluding hydrogens is 298 g/mol. The molecule has 0 aliphatic heterocycles. The van der Waals surface area contributed by atoms with Crippen molar-refractivity contribution in [1.82, 2.24) is 0 Å². The molecule has 0 fully saturated rings. The summed E-state index contributed by atoms with van der Waals surface area (Å²) in [5.41, 5.74) is 1.18. The average Bonchev–Trinajstić information content (AvgIpc) is 2.37. The van der Waals surface area contributed by atoms with Gasteiger partial charge in [-0.25, -0.2) is 0 Å². The summed E-state index contributed by atoms with van der Waals surface area (Å²) in [6.07, 6.45) is 0. The zero-order valence-electron chi connectivity index (χ0n) is 11.3. The summed E-state index contributed by atoms with van der Waals surface area (Å²) >= 11 is 3.55. The third-order valence-electron chi connectivity index (χ3n) is 2.72. The molecule has 0 bridgehead atoms. The lowest BCUT2D eigenvalue weighted by Gasteiger charge is -2.13. The largest absolute Gasteiger partial charge is 0.493 e. The zero-order chi connectivity index (χ0) is 13.5. The van der Waals surface area contributed by atoms with Gasteiger partial charge in [-0.15, -0.1) is 0 Å². The lowest BCUT2D eigenvalue weighted by Crippen LogP contribution is -2.88. The molecule has 4 nitrogen and oxygen atoms in total. The van der Waals surface area contributed by atoms with Crippen LogP contribution in [0.25, 0.3) is 0 Å². The Kier molecular flexibility index (Phi) is 6.46. The number of quaternary nitrogens is 1. The number of methoxy groups -OCH3 is 3. The Morgan fingerprint density at radius 3 is 2.33 bits per heavy atom. The highest BCUT2D eigenvalue weighted by Crippen LogP contribution is 2.32. The summed E-state index contributed by atoms with van der Waals surface area (Å²) in [5, 5.41) is 2.23.